The van der Waals surface area contributed by atoms with Crippen molar-refractivity contribution in [1.82, 2.24) is 9.80 Å². The zero-order valence-electron chi connectivity index (χ0n) is 12.4. The number of piperidine rings is 1. The summed E-state index contributed by atoms with van der Waals surface area (Å²) in [5, 5.41) is 3.76. The van der Waals surface area contributed by atoms with E-state index in [9.17, 15) is 9.18 Å². The third kappa shape index (κ3) is 4.58. The van der Waals surface area contributed by atoms with Crippen molar-refractivity contribution in [2.75, 3.05) is 39.0 Å². The predicted octanol–water partition coefficient (Wildman–Crippen LogP) is 2.44. The second kappa shape index (κ2) is 7.09. The van der Waals surface area contributed by atoms with Crippen LogP contribution in [-0.4, -0.2) is 55.5 Å². The summed E-state index contributed by atoms with van der Waals surface area (Å²) in [6.45, 7) is 2.21. The molecule has 4 nitrogen and oxygen atoms in total. The van der Waals surface area contributed by atoms with Gasteiger partial charge in [0.2, 0.25) is 5.91 Å². The number of carbonyl (C=O) groups excluding carboxylic acids is 1. The van der Waals surface area contributed by atoms with Crippen molar-refractivity contribution in [2.45, 2.75) is 18.9 Å². The zero-order valence-corrected chi connectivity index (χ0v) is 13.2. The third-order valence-corrected chi connectivity index (χ3v) is 4.05. The molecule has 1 saturated heterocycles. The smallest absolute Gasteiger partial charge is 0.236 e. The maximum absolute atomic E-state index is 13.0. The van der Waals surface area contributed by atoms with Crippen LogP contribution < -0.4 is 5.32 Å². The molecule has 1 aromatic rings. The van der Waals surface area contributed by atoms with E-state index < -0.39 is 0 Å². The van der Waals surface area contributed by atoms with Crippen molar-refractivity contribution in [3.8, 4) is 0 Å². The Kier molecular flexibility index (Phi) is 5.42. The van der Waals surface area contributed by atoms with E-state index in [1.807, 2.05) is 0 Å². The van der Waals surface area contributed by atoms with Gasteiger partial charge >= 0.3 is 0 Å². The molecule has 0 bridgehead atoms. The van der Waals surface area contributed by atoms with Crippen molar-refractivity contribution in [1.29, 1.82) is 0 Å². The van der Waals surface area contributed by atoms with Gasteiger partial charge in [-0.1, -0.05) is 11.6 Å². The Bertz CT molecular complexity index is 502. The number of hydrogen-bond donors (Lipinski definition) is 1. The molecular weight excluding hydrogens is 293 g/mol. The topological polar surface area (TPSA) is 35.6 Å². The Balaban J connectivity index is 1.83. The number of likely N-dealkylation sites (N-methyl/N-ethyl adjacent to an activating group) is 1. The summed E-state index contributed by atoms with van der Waals surface area (Å²) >= 11 is 6.02. The molecule has 0 spiro atoms. The molecule has 1 N–H and O–H groups in total. The normalized spacial score (nSPS) is 16.8. The van der Waals surface area contributed by atoms with Gasteiger partial charge in [0.05, 0.1) is 17.3 Å². The molecule has 1 heterocycles. The van der Waals surface area contributed by atoms with E-state index in [4.69, 9.17) is 11.6 Å². The van der Waals surface area contributed by atoms with Gasteiger partial charge in [0.25, 0.3) is 0 Å². The van der Waals surface area contributed by atoms with Gasteiger partial charge in [-0.05, 0) is 31.0 Å². The van der Waals surface area contributed by atoms with Crippen LogP contribution >= 0.6 is 11.6 Å². The Labute approximate surface area is 129 Å². The van der Waals surface area contributed by atoms with Crippen molar-refractivity contribution >= 4 is 23.2 Å². The van der Waals surface area contributed by atoms with Crippen LogP contribution in [0.2, 0.25) is 5.02 Å². The summed E-state index contributed by atoms with van der Waals surface area (Å²) in [4.78, 5) is 15.4. The standard InChI is InChI=1S/C15H21ClFN3O/c1-19(2)15(21)10-20-7-5-12(6-8-20)18-14-4-3-11(17)9-13(14)16/h3-4,9,12,18H,5-8,10H2,1-2H3. The van der Waals surface area contributed by atoms with Gasteiger partial charge in [0.1, 0.15) is 5.82 Å². The molecular formula is C15H21ClFN3O. The van der Waals surface area contributed by atoms with Crippen LogP contribution in [0.1, 0.15) is 12.8 Å². The van der Waals surface area contributed by atoms with E-state index >= 15 is 0 Å². The van der Waals surface area contributed by atoms with Gasteiger partial charge in [0.15, 0.2) is 0 Å². The summed E-state index contributed by atoms with van der Waals surface area (Å²) in [6, 6.07) is 4.69. The molecule has 1 amide bonds. The van der Waals surface area contributed by atoms with Gasteiger partial charge < -0.3 is 10.2 Å². The van der Waals surface area contributed by atoms with Gasteiger partial charge in [-0.15, -0.1) is 0 Å². The lowest BCUT2D eigenvalue weighted by atomic mass is 10.0. The molecule has 1 aliphatic heterocycles. The van der Waals surface area contributed by atoms with Gasteiger partial charge in [-0.3, -0.25) is 9.69 Å². The lowest BCUT2D eigenvalue weighted by Crippen LogP contribution is -2.43. The zero-order chi connectivity index (χ0) is 15.4. The first-order chi connectivity index (χ1) is 9.95. The minimum atomic E-state index is -0.331. The summed E-state index contributed by atoms with van der Waals surface area (Å²) < 4.78 is 13.0. The van der Waals surface area contributed by atoms with E-state index in [2.05, 4.69) is 10.2 Å². The molecule has 2 rings (SSSR count). The lowest BCUT2D eigenvalue weighted by molar-refractivity contribution is -0.130. The number of nitrogens with one attached hydrogen (secondary N) is 1. The second-order valence-corrected chi connectivity index (χ2v) is 6.01. The Morgan fingerprint density at radius 2 is 2.10 bits per heavy atom. The molecule has 0 radical (unpaired) electrons. The number of anilines is 1. The molecule has 6 heteroatoms. The number of hydrogen-bond acceptors (Lipinski definition) is 3. The van der Waals surface area contributed by atoms with E-state index in [1.165, 1.54) is 12.1 Å². The minimum Gasteiger partial charge on any atom is -0.381 e. The first kappa shape index (κ1) is 16.0. The average Bonchev–Trinajstić information content (AvgIpc) is 2.43. The van der Waals surface area contributed by atoms with Crippen LogP contribution in [0.3, 0.4) is 0 Å². The van der Waals surface area contributed by atoms with Crippen molar-refractivity contribution in [3.05, 3.63) is 29.0 Å². The van der Waals surface area contributed by atoms with E-state index in [1.54, 1.807) is 25.1 Å². The molecule has 1 fully saturated rings. The molecule has 0 atom stereocenters. The minimum absolute atomic E-state index is 0.128. The molecule has 21 heavy (non-hydrogen) atoms. The fourth-order valence-corrected chi connectivity index (χ4v) is 2.62. The van der Waals surface area contributed by atoms with Gasteiger partial charge in [0, 0.05) is 33.2 Å². The van der Waals surface area contributed by atoms with Crippen LogP contribution in [0, 0.1) is 5.82 Å². The van der Waals surface area contributed by atoms with Crippen molar-refractivity contribution in [3.63, 3.8) is 0 Å². The van der Waals surface area contributed by atoms with E-state index in [0.717, 1.165) is 31.6 Å². The molecule has 0 unspecified atom stereocenters. The van der Waals surface area contributed by atoms with Crippen LogP contribution in [-0.2, 0) is 4.79 Å². The first-order valence-corrected chi connectivity index (χ1v) is 7.47. The molecule has 0 aliphatic carbocycles. The molecule has 0 aromatic heterocycles. The second-order valence-electron chi connectivity index (χ2n) is 5.61. The maximum Gasteiger partial charge on any atom is 0.236 e. The molecule has 1 aliphatic rings. The number of likely N-dealkylation sites (tertiary alicyclic amines) is 1. The number of benzene rings is 1. The Morgan fingerprint density at radius 3 is 2.67 bits per heavy atom. The highest BCUT2D eigenvalue weighted by Crippen LogP contribution is 2.25. The largest absolute Gasteiger partial charge is 0.381 e. The van der Waals surface area contributed by atoms with Gasteiger partial charge in [-0.25, -0.2) is 4.39 Å². The number of halogens is 2. The monoisotopic (exact) mass is 313 g/mol. The van der Waals surface area contributed by atoms with Crippen LogP contribution in [0.4, 0.5) is 10.1 Å². The quantitative estimate of drug-likeness (QED) is 0.927. The predicted molar refractivity (Wildman–Crippen MR) is 83.2 cm³/mol. The Morgan fingerprint density at radius 1 is 1.43 bits per heavy atom. The van der Waals surface area contributed by atoms with E-state index in [0.29, 0.717) is 17.6 Å². The first-order valence-electron chi connectivity index (χ1n) is 7.10. The fourth-order valence-electron chi connectivity index (χ4n) is 2.39. The van der Waals surface area contributed by atoms with Crippen molar-refractivity contribution in [2.24, 2.45) is 0 Å². The SMILES string of the molecule is CN(C)C(=O)CN1CCC(Nc2ccc(F)cc2Cl)CC1. The molecule has 0 saturated carbocycles. The lowest BCUT2D eigenvalue weighted by Gasteiger charge is -2.33. The number of nitrogens with zero attached hydrogens (tertiary/aromatic N) is 2. The van der Waals surface area contributed by atoms with Gasteiger partial charge in [-0.2, -0.15) is 0 Å². The summed E-state index contributed by atoms with van der Waals surface area (Å²) in [5.74, 6) is -0.203. The maximum atomic E-state index is 13.0. The summed E-state index contributed by atoms with van der Waals surface area (Å²) in [7, 11) is 3.54. The fraction of sp³-hybridized carbons (Fsp3) is 0.533. The van der Waals surface area contributed by atoms with Crippen molar-refractivity contribution < 1.29 is 9.18 Å². The van der Waals surface area contributed by atoms with Crippen LogP contribution in [0.25, 0.3) is 0 Å². The average molecular weight is 314 g/mol. The summed E-state index contributed by atoms with van der Waals surface area (Å²) in [6.07, 6.45) is 1.88. The highest BCUT2D eigenvalue weighted by Gasteiger charge is 2.21. The highest BCUT2D eigenvalue weighted by molar-refractivity contribution is 6.33. The molecule has 116 valence electrons. The number of amides is 1. The van der Waals surface area contributed by atoms with E-state index in [-0.39, 0.29) is 11.7 Å². The third-order valence-electron chi connectivity index (χ3n) is 3.74. The highest BCUT2D eigenvalue weighted by atomic mass is 35.5. The van der Waals surface area contributed by atoms with Crippen LogP contribution in [0.15, 0.2) is 18.2 Å². The Hall–Kier alpha value is -1.33. The summed E-state index contributed by atoms with van der Waals surface area (Å²) in [5.41, 5.74) is 0.765. The number of rotatable bonds is 4. The van der Waals surface area contributed by atoms with Crippen LogP contribution in [0.5, 0.6) is 0 Å². The number of carbonyl (C=O) groups is 1. The molecule has 1 aromatic carbocycles.